The number of terminal acetylenes is 1. The first-order chi connectivity index (χ1) is 6.19. The molecule has 2 atom stereocenters. The molecule has 0 aromatic heterocycles. The molecule has 13 heavy (non-hydrogen) atoms. The molecule has 0 saturated carbocycles. The van der Waals surface area contributed by atoms with Crippen LogP contribution in [0.4, 0.5) is 0 Å². The van der Waals surface area contributed by atoms with Crippen molar-refractivity contribution in [1.29, 1.82) is 0 Å². The smallest absolute Gasteiger partial charge is 0.123 e. The fourth-order valence-corrected chi connectivity index (χ4v) is 1.20. The minimum atomic E-state index is -0.188. The number of methoxy groups -OCH3 is 1. The monoisotopic (exact) mass is 182 g/mol. The van der Waals surface area contributed by atoms with Gasteiger partial charge < -0.3 is 9.84 Å². The Morgan fingerprint density at radius 3 is 2.62 bits per heavy atom. The quantitative estimate of drug-likeness (QED) is 0.517. The van der Waals surface area contributed by atoms with Crippen LogP contribution in [0.2, 0.25) is 0 Å². The van der Waals surface area contributed by atoms with E-state index in [1.54, 1.807) is 7.11 Å². The van der Waals surface area contributed by atoms with Crippen molar-refractivity contribution >= 4 is 0 Å². The van der Waals surface area contributed by atoms with Gasteiger partial charge in [-0.15, -0.1) is 6.42 Å². The van der Waals surface area contributed by atoms with E-state index < -0.39 is 0 Å². The summed E-state index contributed by atoms with van der Waals surface area (Å²) in [5.74, 6) is 2.78. The molecule has 0 spiro atoms. The molecule has 0 saturated heterocycles. The zero-order valence-electron chi connectivity index (χ0n) is 8.58. The average molecular weight is 182 g/mol. The van der Waals surface area contributed by atoms with Gasteiger partial charge in [0.05, 0.1) is 6.61 Å². The Hall–Kier alpha value is -0.780. The molecule has 74 valence electrons. The van der Waals surface area contributed by atoms with E-state index in [1.807, 2.05) is 13.0 Å². The van der Waals surface area contributed by atoms with Gasteiger partial charge in [0.1, 0.15) is 6.10 Å². The Morgan fingerprint density at radius 2 is 2.31 bits per heavy atom. The standard InChI is InChI=1S/C11H18O2/c1-5-10(7-9(3)8-12)11(6-2)13-4/h2,7,10-12H,5,8H2,1,3-4H3/t10-,11-/m0/s1. The molecule has 0 aromatic rings. The van der Waals surface area contributed by atoms with Gasteiger partial charge in [-0.05, 0) is 13.3 Å². The molecule has 0 aromatic carbocycles. The lowest BCUT2D eigenvalue weighted by molar-refractivity contribution is 0.112. The van der Waals surface area contributed by atoms with Gasteiger partial charge in [-0.25, -0.2) is 0 Å². The van der Waals surface area contributed by atoms with E-state index in [0.717, 1.165) is 12.0 Å². The summed E-state index contributed by atoms with van der Waals surface area (Å²) >= 11 is 0. The summed E-state index contributed by atoms with van der Waals surface area (Å²) in [5.41, 5.74) is 0.934. The molecule has 0 fully saturated rings. The SMILES string of the molecule is C#C[C@H](OC)[C@H](C=C(C)CO)CC. The fraction of sp³-hybridized carbons (Fsp3) is 0.636. The number of ether oxygens (including phenoxy) is 1. The number of rotatable bonds is 5. The maximum atomic E-state index is 8.85. The van der Waals surface area contributed by atoms with Crippen LogP contribution in [-0.4, -0.2) is 24.9 Å². The van der Waals surface area contributed by atoms with Gasteiger partial charge in [0.15, 0.2) is 0 Å². The van der Waals surface area contributed by atoms with Gasteiger partial charge in [-0.3, -0.25) is 0 Å². The van der Waals surface area contributed by atoms with E-state index in [2.05, 4.69) is 12.8 Å². The first-order valence-electron chi connectivity index (χ1n) is 4.46. The largest absolute Gasteiger partial charge is 0.392 e. The highest BCUT2D eigenvalue weighted by atomic mass is 16.5. The summed E-state index contributed by atoms with van der Waals surface area (Å²) in [7, 11) is 1.61. The van der Waals surface area contributed by atoms with Crippen LogP contribution in [0.5, 0.6) is 0 Å². The summed E-state index contributed by atoms with van der Waals surface area (Å²) in [6.45, 7) is 4.01. The van der Waals surface area contributed by atoms with Crippen molar-refractivity contribution in [2.45, 2.75) is 26.4 Å². The number of hydrogen-bond acceptors (Lipinski definition) is 2. The zero-order chi connectivity index (χ0) is 10.3. The van der Waals surface area contributed by atoms with Crippen molar-refractivity contribution in [3.63, 3.8) is 0 Å². The normalized spacial score (nSPS) is 16.4. The molecular formula is C11H18O2. The summed E-state index contributed by atoms with van der Waals surface area (Å²) in [4.78, 5) is 0. The minimum Gasteiger partial charge on any atom is -0.392 e. The maximum Gasteiger partial charge on any atom is 0.123 e. The van der Waals surface area contributed by atoms with E-state index in [0.29, 0.717) is 0 Å². The van der Waals surface area contributed by atoms with Gasteiger partial charge in [0, 0.05) is 13.0 Å². The molecule has 0 bridgehead atoms. The van der Waals surface area contributed by atoms with Crippen LogP contribution in [0.25, 0.3) is 0 Å². The van der Waals surface area contributed by atoms with Crippen LogP contribution in [0.1, 0.15) is 20.3 Å². The second kappa shape index (κ2) is 6.71. The third-order valence-electron chi connectivity index (χ3n) is 2.03. The lowest BCUT2D eigenvalue weighted by Crippen LogP contribution is -2.19. The van der Waals surface area contributed by atoms with E-state index >= 15 is 0 Å². The summed E-state index contributed by atoms with van der Waals surface area (Å²) in [6, 6.07) is 0. The minimum absolute atomic E-state index is 0.0809. The van der Waals surface area contributed by atoms with Gasteiger partial charge in [-0.2, -0.15) is 0 Å². The second-order valence-corrected chi connectivity index (χ2v) is 3.07. The van der Waals surface area contributed by atoms with Crippen molar-refractivity contribution in [3.05, 3.63) is 11.6 Å². The van der Waals surface area contributed by atoms with Crippen molar-refractivity contribution in [2.24, 2.45) is 5.92 Å². The molecule has 0 aliphatic rings. The van der Waals surface area contributed by atoms with Crippen LogP contribution in [0.3, 0.4) is 0 Å². The van der Waals surface area contributed by atoms with Crippen molar-refractivity contribution in [3.8, 4) is 12.3 Å². The predicted octanol–water partition coefficient (Wildman–Crippen LogP) is 1.60. The fourth-order valence-electron chi connectivity index (χ4n) is 1.20. The number of hydrogen-bond donors (Lipinski definition) is 1. The van der Waals surface area contributed by atoms with Crippen molar-refractivity contribution < 1.29 is 9.84 Å². The van der Waals surface area contributed by atoms with Gasteiger partial charge in [0.25, 0.3) is 0 Å². The van der Waals surface area contributed by atoms with Crippen LogP contribution < -0.4 is 0 Å². The van der Waals surface area contributed by atoms with Crippen LogP contribution in [-0.2, 0) is 4.74 Å². The maximum absolute atomic E-state index is 8.85. The van der Waals surface area contributed by atoms with Gasteiger partial charge in [-0.1, -0.05) is 24.5 Å². The third kappa shape index (κ3) is 4.12. The van der Waals surface area contributed by atoms with Crippen LogP contribution >= 0.6 is 0 Å². The average Bonchev–Trinajstić information content (AvgIpc) is 2.17. The first kappa shape index (κ1) is 12.2. The molecule has 0 aliphatic carbocycles. The third-order valence-corrected chi connectivity index (χ3v) is 2.03. The molecule has 2 nitrogen and oxygen atoms in total. The summed E-state index contributed by atoms with van der Waals surface area (Å²) < 4.78 is 5.14. The highest BCUT2D eigenvalue weighted by Gasteiger charge is 2.14. The molecule has 0 amide bonds. The van der Waals surface area contributed by atoms with E-state index in [4.69, 9.17) is 16.3 Å². The molecule has 0 heterocycles. The predicted molar refractivity (Wildman–Crippen MR) is 54.3 cm³/mol. The molecule has 2 heteroatoms. The lowest BCUT2D eigenvalue weighted by atomic mass is 9.97. The number of aliphatic hydroxyl groups is 1. The Labute approximate surface area is 80.6 Å². The number of aliphatic hydroxyl groups excluding tert-OH is 1. The van der Waals surface area contributed by atoms with Crippen LogP contribution in [0, 0.1) is 18.3 Å². The Morgan fingerprint density at radius 1 is 1.69 bits per heavy atom. The van der Waals surface area contributed by atoms with Gasteiger partial charge in [0.2, 0.25) is 0 Å². The molecule has 0 rings (SSSR count). The van der Waals surface area contributed by atoms with E-state index in [9.17, 15) is 0 Å². The topological polar surface area (TPSA) is 29.5 Å². The van der Waals surface area contributed by atoms with Crippen LogP contribution in [0.15, 0.2) is 11.6 Å². The van der Waals surface area contributed by atoms with Crippen molar-refractivity contribution in [2.75, 3.05) is 13.7 Å². The zero-order valence-corrected chi connectivity index (χ0v) is 8.58. The van der Waals surface area contributed by atoms with E-state index in [-0.39, 0.29) is 18.6 Å². The van der Waals surface area contributed by atoms with E-state index in [1.165, 1.54) is 0 Å². The van der Waals surface area contributed by atoms with Crippen molar-refractivity contribution in [1.82, 2.24) is 0 Å². The highest BCUT2D eigenvalue weighted by molar-refractivity contribution is 5.09. The molecular weight excluding hydrogens is 164 g/mol. The Bertz CT molecular complexity index is 201. The van der Waals surface area contributed by atoms with Gasteiger partial charge >= 0.3 is 0 Å². The summed E-state index contributed by atoms with van der Waals surface area (Å²) in [5, 5.41) is 8.85. The first-order valence-corrected chi connectivity index (χ1v) is 4.46. The second-order valence-electron chi connectivity index (χ2n) is 3.07. The highest BCUT2D eigenvalue weighted by Crippen LogP contribution is 2.14. The molecule has 1 N–H and O–H groups in total. The Kier molecular flexibility index (Phi) is 6.30. The Balaban J connectivity index is 4.42. The molecule has 0 aliphatic heterocycles. The molecule has 0 unspecified atom stereocenters. The molecule has 0 radical (unpaired) electrons. The lowest BCUT2D eigenvalue weighted by Gasteiger charge is -2.17. The summed E-state index contributed by atoms with van der Waals surface area (Å²) in [6.07, 6.45) is 8.02.